The fourth-order valence-corrected chi connectivity index (χ4v) is 3.66. The topological polar surface area (TPSA) is 85.4 Å². The van der Waals surface area contributed by atoms with E-state index in [0.717, 1.165) is 18.4 Å². The van der Waals surface area contributed by atoms with E-state index in [2.05, 4.69) is 6.58 Å². The summed E-state index contributed by atoms with van der Waals surface area (Å²) in [5, 5.41) is 11.0. The number of allylic oxidation sites excluding steroid dienone is 1. The van der Waals surface area contributed by atoms with E-state index in [4.69, 9.17) is 14.2 Å². The van der Waals surface area contributed by atoms with Crippen LogP contribution in [0, 0.1) is 11.8 Å². The Hall–Kier alpha value is -1.66. The fraction of sp³-hybridized carbons (Fsp3) is 0.684. The summed E-state index contributed by atoms with van der Waals surface area (Å²) in [6, 6.07) is 0. The Morgan fingerprint density at radius 1 is 1.48 bits per heavy atom. The lowest BCUT2D eigenvalue weighted by Gasteiger charge is -2.33. The molecule has 0 amide bonds. The summed E-state index contributed by atoms with van der Waals surface area (Å²) in [6.07, 6.45) is 0.701. The lowest BCUT2D eigenvalue weighted by atomic mass is 9.80. The molecule has 0 aromatic carbocycles. The quantitative estimate of drug-likeness (QED) is 0.354. The van der Waals surface area contributed by atoms with Gasteiger partial charge in [-0.1, -0.05) is 26.0 Å². The van der Waals surface area contributed by atoms with Gasteiger partial charge in [0.2, 0.25) is 0 Å². The molecule has 1 N–H and O–H groups in total. The predicted octanol–water partition coefficient (Wildman–Crippen LogP) is 1.91. The maximum absolute atomic E-state index is 12.2. The van der Waals surface area contributed by atoms with Gasteiger partial charge >= 0.3 is 11.9 Å². The lowest BCUT2D eigenvalue weighted by molar-refractivity contribution is -0.166. The minimum atomic E-state index is -1.06. The second-order valence-electron chi connectivity index (χ2n) is 7.76. The molecule has 0 radical (unpaired) electrons. The number of rotatable bonds is 2. The van der Waals surface area contributed by atoms with E-state index in [1.54, 1.807) is 13.8 Å². The van der Waals surface area contributed by atoms with Crippen LogP contribution in [-0.4, -0.2) is 47.1 Å². The second kappa shape index (κ2) is 6.25. The largest absolute Gasteiger partial charge is 0.458 e. The molecule has 2 aliphatic heterocycles. The number of aliphatic hydroxyl groups is 1. The monoisotopic (exact) mass is 350 g/mol. The molecule has 6 unspecified atom stereocenters. The third kappa shape index (κ3) is 3.13. The molecule has 2 fully saturated rings. The number of hydrogen-bond donors (Lipinski definition) is 1. The van der Waals surface area contributed by atoms with E-state index in [0.29, 0.717) is 0 Å². The van der Waals surface area contributed by atoms with Crippen LogP contribution in [0.4, 0.5) is 0 Å². The number of aliphatic hydroxyl groups excluding tert-OH is 1. The van der Waals surface area contributed by atoms with Crippen molar-refractivity contribution in [2.45, 2.75) is 70.6 Å². The number of epoxide rings is 1. The van der Waals surface area contributed by atoms with Crippen molar-refractivity contribution < 1.29 is 28.9 Å². The number of ether oxygens (including phenoxy) is 3. The Bertz CT molecular complexity index is 636. The minimum absolute atomic E-state index is 0.103. The van der Waals surface area contributed by atoms with Gasteiger partial charge in [-0.2, -0.15) is 0 Å². The molecule has 1 aliphatic carbocycles. The molecular formula is C19H26O6. The lowest BCUT2D eigenvalue weighted by Crippen LogP contribution is -2.49. The molecule has 2 heterocycles. The van der Waals surface area contributed by atoms with Crippen molar-refractivity contribution in [3.05, 3.63) is 23.8 Å². The van der Waals surface area contributed by atoms with Gasteiger partial charge in [0.15, 0.2) is 0 Å². The number of fused-ring (bicyclic) bond motifs is 2. The zero-order valence-electron chi connectivity index (χ0n) is 15.2. The van der Waals surface area contributed by atoms with E-state index in [9.17, 15) is 14.7 Å². The zero-order chi connectivity index (χ0) is 18.5. The average molecular weight is 350 g/mol. The summed E-state index contributed by atoms with van der Waals surface area (Å²) in [7, 11) is 0. The van der Waals surface area contributed by atoms with Crippen LogP contribution in [-0.2, 0) is 23.8 Å². The van der Waals surface area contributed by atoms with Crippen molar-refractivity contribution in [3.8, 4) is 0 Å². The molecule has 6 atom stereocenters. The Morgan fingerprint density at radius 3 is 2.80 bits per heavy atom. The molecule has 0 spiro atoms. The molecule has 2 saturated heterocycles. The van der Waals surface area contributed by atoms with E-state index in [1.165, 1.54) is 0 Å². The summed E-state index contributed by atoms with van der Waals surface area (Å²) in [5.41, 5.74) is 0.493. The van der Waals surface area contributed by atoms with Crippen LogP contribution in [0.1, 0.15) is 40.5 Å². The first-order valence-electron chi connectivity index (χ1n) is 8.78. The van der Waals surface area contributed by atoms with Crippen LogP contribution < -0.4 is 0 Å². The standard InChI is InChI=1S/C19H26O6/c1-9(2)17(21)24-15-14-11(4)18(22)23-12(14)8-10(3)6-7-13-19(5,25-13)16(15)20/h8-9,12-16,20H,4,6-7H2,1-3,5H3. The number of carbonyl (C=O) groups excluding carboxylic acids is 2. The highest BCUT2D eigenvalue weighted by Crippen LogP contribution is 2.48. The van der Waals surface area contributed by atoms with Gasteiger partial charge in [-0.15, -0.1) is 0 Å². The number of carbonyl (C=O) groups is 2. The highest BCUT2D eigenvalue weighted by atomic mass is 16.6. The Balaban J connectivity index is 2.01. The van der Waals surface area contributed by atoms with Crippen molar-refractivity contribution in [3.63, 3.8) is 0 Å². The van der Waals surface area contributed by atoms with Crippen LogP contribution in [0.3, 0.4) is 0 Å². The molecule has 25 heavy (non-hydrogen) atoms. The van der Waals surface area contributed by atoms with Gasteiger partial charge < -0.3 is 19.3 Å². The third-order valence-electron chi connectivity index (χ3n) is 5.47. The SMILES string of the molecule is C=C1C(=O)OC2C=C(C)CCC3OC3(C)C(O)C(OC(=O)C(C)C)C12. The molecule has 138 valence electrons. The summed E-state index contributed by atoms with van der Waals surface area (Å²) in [5.74, 6) is -1.93. The molecule has 0 aromatic rings. The van der Waals surface area contributed by atoms with Gasteiger partial charge in [0.25, 0.3) is 0 Å². The summed E-state index contributed by atoms with van der Waals surface area (Å²) >= 11 is 0. The highest BCUT2D eigenvalue weighted by Gasteiger charge is 2.62. The van der Waals surface area contributed by atoms with Crippen molar-refractivity contribution in [1.29, 1.82) is 0 Å². The summed E-state index contributed by atoms with van der Waals surface area (Å²) < 4.78 is 16.8. The number of hydrogen-bond acceptors (Lipinski definition) is 6. The Kier molecular flexibility index (Phi) is 4.54. The molecule has 6 nitrogen and oxygen atoms in total. The molecule has 3 aliphatic rings. The third-order valence-corrected chi connectivity index (χ3v) is 5.47. The maximum atomic E-state index is 12.2. The van der Waals surface area contributed by atoms with Crippen LogP contribution in [0.15, 0.2) is 23.8 Å². The maximum Gasteiger partial charge on any atom is 0.334 e. The van der Waals surface area contributed by atoms with Gasteiger partial charge in [0, 0.05) is 5.57 Å². The molecule has 0 aromatic heterocycles. The van der Waals surface area contributed by atoms with Crippen molar-refractivity contribution in [2.75, 3.05) is 0 Å². The minimum Gasteiger partial charge on any atom is -0.458 e. The summed E-state index contributed by atoms with van der Waals surface area (Å²) in [4.78, 5) is 24.3. The van der Waals surface area contributed by atoms with Gasteiger partial charge in [-0.25, -0.2) is 4.79 Å². The first-order chi connectivity index (χ1) is 11.6. The van der Waals surface area contributed by atoms with Crippen LogP contribution in [0.2, 0.25) is 0 Å². The molecule has 0 bridgehead atoms. The van der Waals surface area contributed by atoms with Crippen LogP contribution in [0.5, 0.6) is 0 Å². The highest BCUT2D eigenvalue weighted by molar-refractivity contribution is 5.91. The van der Waals surface area contributed by atoms with Gasteiger partial charge in [0.05, 0.1) is 17.9 Å². The van der Waals surface area contributed by atoms with E-state index in [-0.39, 0.29) is 17.6 Å². The first kappa shape index (κ1) is 18.1. The van der Waals surface area contributed by atoms with Crippen molar-refractivity contribution in [1.82, 2.24) is 0 Å². The van der Waals surface area contributed by atoms with Gasteiger partial charge in [-0.3, -0.25) is 4.79 Å². The van der Waals surface area contributed by atoms with Gasteiger partial charge in [-0.05, 0) is 32.8 Å². The fourth-order valence-electron chi connectivity index (χ4n) is 3.66. The smallest absolute Gasteiger partial charge is 0.334 e. The predicted molar refractivity (Wildman–Crippen MR) is 89.5 cm³/mol. The Morgan fingerprint density at radius 2 is 2.16 bits per heavy atom. The number of esters is 2. The van der Waals surface area contributed by atoms with Gasteiger partial charge in [0.1, 0.15) is 23.9 Å². The molecule has 6 heteroatoms. The molecular weight excluding hydrogens is 324 g/mol. The summed E-state index contributed by atoms with van der Waals surface area (Å²) in [6.45, 7) is 11.1. The van der Waals surface area contributed by atoms with Crippen molar-refractivity contribution in [2.24, 2.45) is 11.8 Å². The average Bonchev–Trinajstić information content (AvgIpc) is 3.13. The normalized spacial score (nSPS) is 40.7. The Labute approximate surface area is 147 Å². The van der Waals surface area contributed by atoms with E-state index >= 15 is 0 Å². The van der Waals surface area contributed by atoms with Crippen molar-refractivity contribution >= 4 is 11.9 Å². The molecule has 3 rings (SSSR count). The van der Waals surface area contributed by atoms with Crippen LogP contribution in [0.25, 0.3) is 0 Å². The zero-order valence-corrected chi connectivity index (χ0v) is 15.2. The first-order valence-corrected chi connectivity index (χ1v) is 8.78. The van der Waals surface area contributed by atoms with Crippen LogP contribution >= 0.6 is 0 Å². The van der Waals surface area contributed by atoms with E-state index in [1.807, 2.05) is 19.9 Å². The van der Waals surface area contributed by atoms with E-state index < -0.39 is 41.8 Å². The molecule has 0 saturated carbocycles. The second-order valence-corrected chi connectivity index (χ2v) is 7.76.